The predicted molar refractivity (Wildman–Crippen MR) is 74.1 cm³/mol. The smallest absolute Gasteiger partial charge is 0.239 e. The topological polar surface area (TPSA) is 80.5 Å². The summed E-state index contributed by atoms with van der Waals surface area (Å²) >= 11 is 0. The van der Waals surface area contributed by atoms with Crippen LogP contribution in [0.25, 0.3) is 0 Å². The van der Waals surface area contributed by atoms with Crippen LogP contribution in [0.5, 0.6) is 0 Å². The van der Waals surface area contributed by atoms with Crippen molar-refractivity contribution in [1.29, 1.82) is 0 Å². The molecule has 1 aromatic rings. The first-order chi connectivity index (χ1) is 9.08. The Morgan fingerprint density at radius 3 is 2.68 bits per heavy atom. The number of aromatic nitrogens is 1. The summed E-state index contributed by atoms with van der Waals surface area (Å²) in [4.78, 5) is 17.6. The SMILES string of the molecule is CC1CN(c2ccc(NC(=O)CN)nc2)CC(C)O1. The first-order valence-electron chi connectivity index (χ1n) is 6.45. The van der Waals surface area contributed by atoms with Crippen molar-refractivity contribution in [1.82, 2.24) is 4.98 Å². The number of pyridine rings is 1. The molecule has 2 unspecified atom stereocenters. The fourth-order valence-electron chi connectivity index (χ4n) is 2.23. The molecule has 6 heteroatoms. The van der Waals surface area contributed by atoms with Crippen molar-refractivity contribution in [2.24, 2.45) is 5.73 Å². The van der Waals surface area contributed by atoms with Gasteiger partial charge in [0.2, 0.25) is 5.91 Å². The molecule has 0 bridgehead atoms. The summed E-state index contributed by atoms with van der Waals surface area (Å²) in [6.45, 7) is 5.78. The molecule has 2 heterocycles. The van der Waals surface area contributed by atoms with E-state index in [1.807, 2.05) is 6.07 Å². The van der Waals surface area contributed by atoms with E-state index in [2.05, 4.69) is 29.0 Å². The van der Waals surface area contributed by atoms with Gasteiger partial charge in [-0.15, -0.1) is 0 Å². The third-order valence-corrected chi connectivity index (χ3v) is 2.99. The Balaban J connectivity index is 2.03. The number of hydrogen-bond acceptors (Lipinski definition) is 5. The van der Waals surface area contributed by atoms with E-state index in [1.165, 1.54) is 0 Å². The van der Waals surface area contributed by atoms with Gasteiger partial charge in [0.15, 0.2) is 0 Å². The van der Waals surface area contributed by atoms with Crippen LogP contribution in [0.4, 0.5) is 11.5 Å². The predicted octanol–water partition coefficient (Wildman–Crippen LogP) is 0.592. The van der Waals surface area contributed by atoms with Crippen LogP contribution < -0.4 is 16.0 Å². The van der Waals surface area contributed by atoms with Gasteiger partial charge < -0.3 is 20.7 Å². The van der Waals surface area contributed by atoms with E-state index in [9.17, 15) is 4.79 Å². The van der Waals surface area contributed by atoms with Crippen LogP contribution in [0.15, 0.2) is 18.3 Å². The van der Waals surface area contributed by atoms with Crippen molar-refractivity contribution < 1.29 is 9.53 Å². The van der Waals surface area contributed by atoms with Gasteiger partial charge in [0.05, 0.1) is 30.6 Å². The van der Waals surface area contributed by atoms with Crippen LogP contribution in [0.1, 0.15) is 13.8 Å². The van der Waals surface area contributed by atoms with Gasteiger partial charge in [0.25, 0.3) is 0 Å². The Morgan fingerprint density at radius 1 is 1.47 bits per heavy atom. The number of anilines is 2. The Morgan fingerprint density at radius 2 is 2.16 bits per heavy atom. The van der Waals surface area contributed by atoms with Gasteiger partial charge in [-0.25, -0.2) is 4.98 Å². The summed E-state index contributed by atoms with van der Waals surface area (Å²) in [5.41, 5.74) is 6.27. The summed E-state index contributed by atoms with van der Waals surface area (Å²) in [5.74, 6) is 0.280. The highest BCUT2D eigenvalue weighted by Crippen LogP contribution is 2.20. The van der Waals surface area contributed by atoms with Crippen LogP contribution in [0.3, 0.4) is 0 Å². The molecular weight excluding hydrogens is 244 g/mol. The van der Waals surface area contributed by atoms with E-state index in [0.29, 0.717) is 5.82 Å². The monoisotopic (exact) mass is 264 g/mol. The van der Waals surface area contributed by atoms with E-state index in [-0.39, 0.29) is 24.7 Å². The maximum atomic E-state index is 11.2. The van der Waals surface area contributed by atoms with Gasteiger partial charge >= 0.3 is 0 Å². The molecule has 1 aliphatic heterocycles. The lowest BCUT2D eigenvalue weighted by Gasteiger charge is -2.36. The van der Waals surface area contributed by atoms with Gasteiger partial charge in [-0.05, 0) is 26.0 Å². The third kappa shape index (κ3) is 3.65. The van der Waals surface area contributed by atoms with Crippen LogP contribution >= 0.6 is 0 Å². The zero-order valence-corrected chi connectivity index (χ0v) is 11.3. The highest BCUT2D eigenvalue weighted by molar-refractivity contribution is 5.91. The quantitative estimate of drug-likeness (QED) is 0.835. The second-order valence-electron chi connectivity index (χ2n) is 4.82. The molecule has 0 aliphatic carbocycles. The number of amides is 1. The first kappa shape index (κ1) is 13.8. The van der Waals surface area contributed by atoms with Gasteiger partial charge in [0, 0.05) is 13.1 Å². The Hall–Kier alpha value is -1.66. The Kier molecular flexibility index (Phi) is 4.34. The first-order valence-corrected chi connectivity index (χ1v) is 6.45. The van der Waals surface area contributed by atoms with Gasteiger partial charge in [-0.1, -0.05) is 0 Å². The van der Waals surface area contributed by atoms with E-state index in [1.54, 1.807) is 12.3 Å². The molecule has 0 saturated carbocycles. The molecular formula is C13H20N4O2. The lowest BCUT2D eigenvalue weighted by atomic mass is 10.2. The second kappa shape index (κ2) is 5.99. The zero-order valence-electron chi connectivity index (χ0n) is 11.3. The van der Waals surface area contributed by atoms with Gasteiger partial charge in [-0.3, -0.25) is 4.79 Å². The standard InChI is InChI=1S/C13H20N4O2/c1-9-7-17(8-10(2)19-9)11-3-4-12(15-6-11)16-13(18)5-14/h3-4,6,9-10H,5,7-8,14H2,1-2H3,(H,15,16,18). The molecule has 1 aromatic heterocycles. The molecule has 104 valence electrons. The second-order valence-corrected chi connectivity index (χ2v) is 4.82. The summed E-state index contributed by atoms with van der Waals surface area (Å²) in [6, 6.07) is 3.73. The largest absolute Gasteiger partial charge is 0.372 e. The van der Waals surface area contributed by atoms with Gasteiger partial charge in [-0.2, -0.15) is 0 Å². The highest BCUT2D eigenvalue weighted by Gasteiger charge is 2.22. The molecule has 1 fully saturated rings. The van der Waals surface area contributed by atoms with Crippen molar-refractivity contribution in [3.05, 3.63) is 18.3 Å². The number of nitrogens with one attached hydrogen (secondary N) is 1. The molecule has 0 aromatic carbocycles. The van der Waals surface area contributed by atoms with Crippen LogP contribution in [-0.4, -0.2) is 42.7 Å². The molecule has 0 spiro atoms. The summed E-state index contributed by atoms with van der Waals surface area (Å²) in [7, 11) is 0. The molecule has 0 radical (unpaired) electrons. The minimum atomic E-state index is -0.242. The summed E-state index contributed by atoms with van der Waals surface area (Å²) in [5, 5.41) is 2.62. The number of nitrogens with zero attached hydrogens (tertiary/aromatic N) is 2. The fraction of sp³-hybridized carbons (Fsp3) is 0.538. The van der Waals surface area contributed by atoms with E-state index >= 15 is 0 Å². The number of nitrogens with two attached hydrogens (primary N) is 1. The van der Waals surface area contributed by atoms with Crippen LogP contribution in [0.2, 0.25) is 0 Å². The summed E-state index contributed by atoms with van der Waals surface area (Å²) < 4.78 is 5.70. The highest BCUT2D eigenvalue weighted by atomic mass is 16.5. The lowest BCUT2D eigenvalue weighted by molar-refractivity contribution is -0.114. The number of carbonyl (C=O) groups is 1. The third-order valence-electron chi connectivity index (χ3n) is 2.99. The maximum absolute atomic E-state index is 11.2. The van der Waals surface area contributed by atoms with Crippen LogP contribution in [-0.2, 0) is 9.53 Å². The molecule has 1 saturated heterocycles. The number of hydrogen-bond donors (Lipinski definition) is 2. The summed E-state index contributed by atoms with van der Waals surface area (Å²) in [6.07, 6.45) is 2.18. The maximum Gasteiger partial charge on any atom is 0.239 e. The molecule has 1 aliphatic rings. The number of rotatable bonds is 3. The number of ether oxygens (including phenoxy) is 1. The van der Waals surface area contributed by atoms with Crippen molar-refractivity contribution in [2.45, 2.75) is 26.1 Å². The average Bonchev–Trinajstić information content (AvgIpc) is 2.38. The lowest BCUT2D eigenvalue weighted by Crippen LogP contribution is -2.45. The molecule has 6 nitrogen and oxygen atoms in total. The normalized spacial score (nSPS) is 23.2. The van der Waals surface area contributed by atoms with E-state index < -0.39 is 0 Å². The van der Waals surface area contributed by atoms with Crippen molar-refractivity contribution >= 4 is 17.4 Å². The van der Waals surface area contributed by atoms with Gasteiger partial charge in [0.1, 0.15) is 5.82 Å². The number of carbonyl (C=O) groups excluding carboxylic acids is 1. The molecule has 2 atom stereocenters. The Bertz CT molecular complexity index is 425. The fourth-order valence-corrected chi connectivity index (χ4v) is 2.23. The van der Waals surface area contributed by atoms with Crippen molar-refractivity contribution in [2.75, 3.05) is 29.9 Å². The van der Waals surface area contributed by atoms with Crippen molar-refractivity contribution in [3.8, 4) is 0 Å². The average molecular weight is 264 g/mol. The zero-order chi connectivity index (χ0) is 13.8. The molecule has 1 amide bonds. The Labute approximate surface area is 112 Å². The van der Waals surface area contributed by atoms with E-state index in [0.717, 1.165) is 18.8 Å². The van der Waals surface area contributed by atoms with E-state index in [4.69, 9.17) is 10.5 Å². The van der Waals surface area contributed by atoms with Crippen molar-refractivity contribution in [3.63, 3.8) is 0 Å². The minimum absolute atomic E-state index is 0.0398. The van der Waals surface area contributed by atoms with Crippen LogP contribution in [0, 0.1) is 0 Å². The number of morpholine rings is 1. The minimum Gasteiger partial charge on any atom is -0.372 e. The molecule has 19 heavy (non-hydrogen) atoms. The molecule has 3 N–H and O–H groups in total. The molecule has 2 rings (SSSR count).